The number of nitrogens with zero attached hydrogens (tertiary/aromatic N) is 1. The first-order valence-corrected chi connectivity index (χ1v) is 9.39. The van der Waals surface area contributed by atoms with Gasteiger partial charge in [-0.3, -0.25) is 4.90 Å². The van der Waals surface area contributed by atoms with E-state index in [4.69, 9.17) is 10.8 Å². The Kier molecular flexibility index (Phi) is 26.6. The van der Waals surface area contributed by atoms with Gasteiger partial charge in [0.15, 0.2) is 0 Å². The molecule has 0 unspecified atom stereocenters. The van der Waals surface area contributed by atoms with E-state index in [1.165, 1.54) is 0 Å². The van der Waals surface area contributed by atoms with Gasteiger partial charge in [-0.2, -0.15) is 0 Å². The summed E-state index contributed by atoms with van der Waals surface area (Å²) in [6, 6.07) is 0. The van der Waals surface area contributed by atoms with Gasteiger partial charge in [0.1, 0.15) is 0 Å². The summed E-state index contributed by atoms with van der Waals surface area (Å²) in [6.07, 6.45) is 0. The third-order valence-corrected chi connectivity index (χ3v) is 2.42. The smallest absolute Gasteiger partial charge is 0.457 e. The molecule has 5 nitrogen and oxygen atoms in total. The van der Waals surface area contributed by atoms with Gasteiger partial charge in [-0.25, -0.2) is 0 Å². The fourth-order valence-electron chi connectivity index (χ4n) is 1.70. The molecule has 160 valence electrons. The quantitative estimate of drug-likeness (QED) is 0.664. The highest BCUT2D eigenvalue weighted by atomic mass is 16.2. The van der Waals surface area contributed by atoms with Crippen molar-refractivity contribution in [3.63, 3.8) is 0 Å². The summed E-state index contributed by atoms with van der Waals surface area (Å²) in [7, 11) is 0. The van der Waals surface area contributed by atoms with Crippen molar-refractivity contribution in [2.24, 2.45) is 5.73 Å². The number of aliphatic hydroxyl groups is 1. The Morgan fingerprint density at radius 1 is 0.840 bits per heavy atom. The van der Waals surface area contributed by atoms with Crippen LogP contribution in [0.5, 0.6) is 0 Å². The zero-order chi connectivity index (χ0) is 20.6. The summed E-state index contributed by atoms with van der Waals surface area (Å²) < 4.78 is 0. The molecule has 0 bridgehead atoms. The van der Waals surface area contributed by atoms with Gasteiger partial charge in [0.25, 0.3) is 0 Å². The molecule has 0 aliphatic heterocycles. The molecule has 0 atom stereocenters. The van der Waals surface area contributed by atoms with Crippen molar-refractivity contribution in [2.45, 2.75) is 107 Å². The molecule has 0 amide bonds. The van der Waals surface area contributed by atoms with E-state index in [0.717, 1.165) is 19.6 Å². The SMILES string of the molecule is CC(C)(C)N.CCN(CC)C(C)(C)C.CCNC(C)(C)C.CCO.[H+].[OH3+]. The molecule has 7 N–H and O–H groups in total. The highest BCUT2D eigenvalue weighted by Crippen LogP contribution is 2.10. The first-order valence-electron chi connectivity index (χ1n) is 9.39. The van der Waals surface area contributed by atoms with Crippen molar-refractivity contribution in [1.82, 2.24) is 10.2 Å². The van der Waals surface area contributed by atoms with Crippen LogP contribution in [0.15, 0.2) is 0 Å². The van der Waals surface area contributed by atoms with E-state index >= 15 is 0 Å². The molecular weight excluding hydrogens is 314 g/mol. The van der Waals surface area contributed by atoms with Crippen LogP contribution in [0.3, 0.4) is 0 Å². The van der Waals surface area contributed by atoms with Gasteiger partial charge in [0.05, 0.1) is 0 Å². The minimum absolute atomic E-state index is 0. The van der Waals surface area contributed by atoms with Gasteiger partial charge < -0.3 is 21.6 Å². The number of hydrogen-bond donors (Lipinski definition) is 3. The Labute approximate surface area is 161 Å². The molecule has 0 radical (unpaired) electrons. The van der Waals surface area contributed by atoms with Crippen molar-refractivity contribution in [1.29, 1.82) is 0 Å². The number of nitrogens with two attached hydrogens (primary N) is 1. The normalized spacial score (nSPS) is 11.0. The molecule has 0 aromatic carbocycles. The van der Waals surface area contributed by atoms with Gasteiger partial charge in [0.2, 0.25) is 0 Å². The van der Waals surface area contributed by atoms with E-state index in [1.54, 1.807) is 6.92 Å². The molecule has 0 aromatic rings. The van der Waals surface area contributed by atoms with Gasteiger partial charge in [0, 0.05) is 23.2 Å². The third-order valence-electron chi connectivity index (χ3n) is 2.42. The van der Waals surface area contributed by atoms with E-state index in [1.807, 2.05) is 20.8 Å². The molecule has 0 aliphatic rings. The molecule has 0 aliphatic carbocycles. The summed E-state index contributed by atoms with van der Waals surface area (Å²) in [6.45, 7) is 31.0. The van der Waals surface area contributed by atoms with Crippen LogP contribution in [-0.4, -0.2) is 52.9 Å². The lowest BCUT2D eigenvalue weighted by atomic mass is 10.1. The lowest BCUT2D eigenvalue weighted by Crippen LogP contribution is -2.40. The molecule has 0 rings (SSSR count). The molecule has 0 aromatic heterocycles. The van der Waals surface area contributed by atoms with Crippen LogP contribution in [0, 0.1) is 0 Å². The van der Waals surface area contributed by atoms with Gasteiger partial charge in [-0.15, -0.1) is 0 Å². The average Bonchev–Trinajstić information content (AvgIpc) is 2.26. The number of nitrogens with one attached hydrogen (secondary N) is 1. The van der Waals surface area contributed by atoms with E-state index in [2.05, 4.69) is 72.5 Å². The maximum absolute atomic E-state index is 7.57. The van der Waals surface area contributed by atoms with Gasteiger partial charge in [-0.1, -0.05) is 20.8 Å². The van der Waals surface area contributed by atoms with Gasteiger partial charge >= 0.3 is 1.43 Å². The monoisotopic (exact) mass is 369 g/mol. The van der Waals surface area contributed by atoms with E-state index in [9.17, 15) is 0 Å². The molecule has 0 heterocycles. The summed E-state index contributed by atoms with van der Waals surface area (Å²) >= 11 is 0. The predicted molar refractivity (Wildman–Crippen MR) is 119 cm³/mol. The maximum atomic E-state index is 7.57. The van der Waals surface area contributed by atoms with Crippen LogP contribution in [-0.2, 0) is 5.48 Å². The number of hydrogen-bond acceptors (Lipinski definition) is 4. The number of aliphatic hydroxyl groups excluding tert-OH is 1. The highest BCUT2D eigenvalue weighted by molar-refractivity contribution is 4.73. The maximum Gasteiger partial charge on any atom is 1.00 e. The lowest BCUT2D eigenvalue weighted by Gasteiger charge is -2.33. The van der Waals surface area contributed by atoms with Crippen molar-refractivity contribution in [3.8, 4) is 0 Å². The third kappa shape index (κ3) is 59.4. The van der Waals surface area contributed by atoms with E-state index < -0.39 is 0 Å². The fraction of sp³-hybridized carbons (Fsp3) is 1.00. The Morgan fingerprint density at radius 2 is 1.08 bits per heavy atom. The fourth-order valence-corrected chi connectivity index (χ4v) is 1.70. The van der Waals surface area contributed by atoms with E-state index in [0.29, 0.717) is 11.1 Å². The topological polar surface area (TPSA) is 94.5 Å². The molecule has 0 spiro atoms. The second-order valence-corrected chi connectivity index (χ2v) is 8.81. The van der Waals surface area contributed by atoms with Crippen molar-refractivity contribution in [2.75, 3.05) is 26.2 Å². The summed E-state index contributed by atoms with van der Waals surface area (Å²) in [5, 5.41) is 10.9. The molecule has 25 heavy (non-hydrogen) atoms. The first-order chi connectivity index (χ1) is 10.5. The number of rotatable bonds is 3. The Bertz CT molecular complexity index is 235. The second-order valence-electron chi connectivity index (χ2n) is 8.81. The first kappa shape index (κ1) is 35.8. The average molecular weight is 370 g/mol. The van der Waals surface area contributed by atoms with Crippen molar-refractivity contribution >= 4 is 0 Å². The van der Waals surface area contributed by atoms with Crippen LogP contribution in [0.4, 0.5) is 0 Å². The van der Waals surface area contributed by atoms with Crippen LogP contribution in [0.25, 0.3) is 0 Å². The predicted octanol–water partition coefficient (Wildman–Crippen LogP) is 3.45. The Balaban J connectivity index is -0.0000000532. The van der Waals surface area contributed by atoms with Crippen molar-refractivity contribution < 1.29 is 12.0 Å². The molecule has 0 saturated carbocycles. The molecular formula is C20H55N3O2+2. The molecule has 0 saturated heterocycles. The summed E-state index contributed by atoms with van der Waals surface area (Å²) in [4.78, 5) is 2.44. The summed E-state index contributed by atoms with van der Waals surface area (Å²) in [5.41, 5.74) is 6.01. The van der Waals surface area contributed by atoms with Gasteiger partial charge in [-0.05, 0) is 88.9 Å². The molecule has 5 heteroatoms. The minimum atomic E-state index is 0. The van der Waals surface area contributed by atoms with Crippen LogP contribution < -0.4 is 11.1 Å². The van der Waals surface area contributed by atoms with Crippen LogP contribution >= 0.6 is 0 Å². The Morgan fingerprint density at radius 3 is 1.08 bits per heavy atom. The van der Waals surface area contributed by atoms with Crippen molar-refractivity contribution in [3.05, 3.63) is 0 Å². The highest BCUT2D eigenvalue weighted by Gasteiger charge is 2.16. The lowest BCUT2D eigenvalue weighted by molar-refractivity contribution is 0.153. The summed E-state index contributed by atoms with van der Waals surface area (Å²) in [5.74, 6) is 0. The van der Waals surface area contributed by atoms with Crippen LogP contribution in [0.2, 0.25) is 0 Å². The van der Waals surface area contributed by atoms with E-state index in [-0.39, 0.29) is 19.0 Å². The Hall–Kier alpha value is -0.200. The molecule has 0 fully saturated rings. The standard InChI is InChI=1S/C8H19N.C6H15N.C4H11N.C2H6O.H2O/c1-6-9(7-2)8(3,4)5;1-5-7-6(2,3)4;1-4(2,3)5;1-2-3;/h6-7H2,1-5H3;7H,5H2,1-4H3;5H2,1-3H3;3H,2H2,1H3;1H2/p+2. The minimum Gasteiger partial charge on any atom is -0.457 e. The second kappa shape index (κ2) is 18.6. The zero-order valence-corrected chi connectivity index (χ0v) is 19.9. The zero-order valence-electron chi connectivity index (χ0n) is 20.9. The largest absolute Gasteiger partial charge is 1.00 e. The van der Waals surface area contributed by atoms with Crippen LogP contribution in [0.1, 0.15) is 91.4 Å².